The molecule has 0 amide bonds. The van der Waals surface area contributed by atoms with E-state index in [4.69, 9.17) is 0 Å². The van der Waals surface area contributed by atoms with Crippen LogP contribution < -0.4 is 5.32 Å². The maximum Gasteiger partial charge on any atom is 0.00947 e. The lowest BCUT2D eigenvalue weighted by atomic mass is 9.86. The van der Waals surface area contributed by atoms with Gasteiger partial charge in [0.2, 0.25) is 0 Å². The van der Waals surface area contributed by atoms with Crippen LogP contribution in [0.3, 0.4) is 0 Å². The van der Waals surface area contributed by atoms with Gasteiger partial charge in [0.25, 0.3) is 0 Å². The standard InChI is InChI=1S/C16H34N2/c1-14(2)17-11-6-5-7-12-18(4)16-10-8-9-15(3)13-16/h14-17H,5-13H2,1-4H3. The zero-order chi connectivity index (χ0) is 13.4. The first kappa shape index (κ1) is 16.0. The molecule has 1 rings (SSSR count). The molecule has 0 saturated heterocycles. The second-order valence-electron chi connectivity index (χ2n) is 6.58. The zero-order valence-corrected chi connectivity index (χ0v) is 13.0. The molecule has 1 aliphatic rings. The predicted octanol–water partition coefficient (Wildman–Crippen LogP) is 3.67. The van der Waals surface area contributed by atoms with Gasteiger partial charge in [0.05, 0.1) is 0 Å². The molecule has 0 heterocycles. The van der Waals surface area contributed by atoms with Crippen LogP contribution in [-0.4, -0.2) is 37.1 Å². The van der Waals surface area contributed by atoms with Crippen molar-refractivity contribution in [2.45, 2.75) is 77.8 Å². The minimum Gasteiger partial charge on any atom is -0.315 e. The van der Waals surface area contributed by atoms with E-state index in [1.807, 2.05) is 0 Å². The second kappa shape index (κ2) is 8.92. The lowest BCUT2D eigenvalue weighted by molar-refractivity contribution is 0.161. The Morgan fingerprint density at radius 1 is 1.17 bits per heavy atom. The average Bonchev–Trinajstić information content (AvgIpc) is 2.33. The van der Waals surface area contributed by atoms with Crippen molar-refractivity contribution in [3.05, 3.63) is 0 Å². The Morgan fingerprint density at radius 3 is 2.61 bits per heavy atom. The Morgan fingerprint density at radius 2 is 1.94 bits per heavy atom. The van der Waals surface area contributed by atoms with Crippen molar-refractivity contribution in [1.29, 1.82) is 0 Å². The summed E-state index contributed by atoms with van der Waals surface area (Å²) in [6.45, 7) is 9.33. The molecule has 1 N–H and O–H groups in total. The van der Waals surface area contributed by atoms with E-state index in [9.17, 15) is 0 Å². The molecule has 2 unspecified atom stereocenters. The number of rotatable bonds is 8. The van der Waals surface area contributed by atoms with E-state index in [1.54, 1.807) is 0 Å². The van der Waals surface area contributed by atoms with Gasteiger partial charge in [-0.25, -0.2) is 0 Å². The summed E-state index contributed by atoms with van der Waals surface area (Å²) < 4.78 is 0. The summed E-state index contributed by atoms with van der Waals surface area (Å²) in [5.41, 5.74) is 0. The number of hydrogen-bond acceptors (Lipinski definition) is 2. The largest absolute Gasteiger partial charge is 0.315 e. The van der Waals surface area contributed by atoms with Gasteiger partial charge in [0.15, 0.2) is 0 Å². The van der Waals surface area contributed by atoms with Crippen molar-refractivity contribution in [2.24, 2.45) is 5.92 Å². The van der Waals surface area contributed by atoms with E-state index in [1.165, 1.54) is 58.0 Å². The maximum atomic E-state index is 3.49. The molecule has 108 valence electrons. The molecule has 2 nitrogen and oxygen atoms in total. The highest BCUT2D eigenvalue weighted by molar-refractivity contribution is 4.76. The van der Waals surface area contributed by atoms with Crippen LogP contribution in [0.2, 0.25) is 0 Å². The molecule has 0 spiro atoms. The van der Waals surface area contributed by atoms with E-state index in [2.05, 4.69) is 38.0 Å². The minimum atomic E-state index is 0.636. The van der Waals surface area contributed by atoms with Crippen molar-refractivity contribution in [2.75, 3.05) is 20.1 Å². The molecule has 0 aromatic heterocycles. The van der Waals surface area contributed by atoms with Gasteiger partial charge in [0.1, 0.15) is 0 Å². The van der Waals surface area contributed by atoms with Crippen molar-refractivity contribution in [3.8, 4) is 0 Å². The SMILES string of the molecule is CC1CCCC(N(C)CCCCCNC(C)C)C1. The monoisotopic (exact) mass is 254 g/mol. The van der Waals surface area contributed by atoms with Gasteiger partial charge >= 0.3 is 0 Å². The van der Waals surface area contributed by atoms with Crippen LogP contribution in [-0.2, 0) is 0 Å². The number of unbranched alkanes of at least 4 members (excludes halogenated alkanes) is 2. The van der Waals surface area contributed by atoms with Gasteiger partial charge in [-0.2, -0.15) is 0 Å². The summed E-state index contributed by atoms with van der Waals surface area (Å²) in [4.78, 5) is 2.62. The van der Waals surface area contributed by atoms with Crippen molar-refractivity contribution >= 4 is 0 Å². The molecule has 1 fully saturated rings. The fourth-order valence-corrected chi connectivity index (χ4v) is 3.04. The highest BCUT2D eigenvalue weighted by Crippen LogP contribution is 2.26. The Kier molecular flexibility index (Phi) is 7.92. The van der Waals surface area contributed by atoms with Crippen LogP contribution in [0.15, 0.2) is 0 Å². The van der Waals surface area contributed by atoms with Crippen LogP contribution in [0.1, 0.15) is 65.7 Å². The lowest BCUT2D eigenvalue weighted by Gasteiger charge is -2.34. The molecular weight excluding hydrogens is 220 g/mol. The Bertz CT molecular complexity index is 203. The molecule has 1 aliphatic carbocycles. The summed E-state index contributed by atoms with van der Waals surface area (Å²) >= 11 is 0. The fourth-order valence-electron chi connectivity index (χ4n) is 3.04. The summed E-state index contributed by atoms with van der Waals surface area (Å²) in [7, 11) is 2.33. The number of hydrogen-bond donors (Lipinski definition) is 1. The fraction of sp³-hybridized carbons (Fsp3) is 1.00. The Hall–Kier alpha value is -0.0800. The van der Waals surface area contributed by atoms with Crippen LogP contribution in [0.5, 0.6) is 0 Å². The molecule has 0 aromatic carbocycles. The van der Waals surface area contributed by atoms with Crippen LogP contribution in [0.4, 0.5) is 0 Å². The highest BCUT2D eigenvalue weighted by atomic mass is 15.1. The molecule has 0 radical (unpaired) electrons. The van der Waals surface area contributed by atoms with Gasteiger partial charge < -0.3 is 10.2 Å². The third kappa shape index (κ3) is 6.75. The smallest absolute Gasteiger partial charge is 0.00947 e. The van der Waals surface area contributed by atoms with Gasteiger partial charge in [-0.3, -0.25) is 0 Å². The van der Waals surface area contributed by atoms with E-state index >= 15 is 0 Å². The quantitative estimate of drug-likeness (QED) is 0.665. The van der Waals surface area contributed by atoms with E-state index < -0.39 is 0 Å². The van der Waals surface area contributed by atoms with Gasteiger partial charge in [-0.05, 0) is 51.7 Å². The van der Waals surface area contributed by atoms with Crippen molar-refractivity contribution < 1.29 is 0 Å². The third-order valence-electron chi connectivity index (χ3n) is 4.27. The zero-order valence-electron chi connectivity index (χ0n) is 13.0. The molecule has 0 bridgehead atoms. The number of nitrogens with zero attached hydrogens (tertiary/aromatic N) is 1. The predicted molar refractivity (Wildman–Crippen MR) is 81.0 cm³/mol. The van der Waals surface area contributed by atoms with Crippen LogP contribution in [0, 0.1) is 5.92 Å². The molecule has 0 aliphatic heterocycles. The Labute approximate surface area is 115 Å². The summed E-state index contributed by atoms with van der Waals surface area (Å²) in [6, 6.07) is 1.50. The molecule has 18 heavy (non-hydrogen) atoms. The summed E-state index contributed by atoms with van der Waals surface area (Å²) in [5, 5.41) is 3.49. The van der Waals surface area contributed by atoms with E-state index in [0.29, 0.717) is 6.04 Å². The first-order valence-electron chi connectivity index (χ1n) is 8.03. The first-order chi connectivity index (χ1) is 8.59. The topological polar surface area (TPSA) is 15.3 Å². The van der Waals surface area contributed by atoms with Crippen molar-refractivity contribution in [1.82, 2.24) is 10.2 Å². The third-order valence-corrected chi connectivity index (χ3v) is 4.27. The van der Waals surface area contributed by atoms with E-state index in [-0.39, 0.29) is 0 Å². The normalized spacial score (nSPS) is 25.0. The molecule has 2 atom stereocenters. The van der Waals surface area contributed by atoms with E-state index in [0.717, 1.165) is 12.0 Å². The minimum absolute atomic E-state index is 0.636. The molecule has 0 aromatic rings. The molecular formula is C16H34N2. The van der Waals surface area contributed by atoms with Crippen LogP contribution in [0.25, 0.3) is 0 Å². The average molecular weight is 254 g/mol. The maximum absolute atomic E-state index is 3.49. The van der Waals surface area contributed by atoms with Gasteiger partial charge in [-0.1, -0.05) is 40.0 Å². The first-order valence-corrected chi connectivity index (χ1v) is 8.03. The molecule has 2 heteroatoms. The summed E-state index contributed by atoms with van der Waals surface area (Å²) in [5.74, 6) is 0.946. The van der Waals surface area contributed by atoms with Crippen LogP contribution >= 0.6 is 0 Å². The van der Waals surface area contributed by atoms with Gasteiger partial charge in [-0.15, -0.1) is 0 Å². The summed E-state index contributed by atoms with van der Waals surface area (Å²) in [6.07, 6.45) is 9.79. The molecule has 1 saturated carbocycles. The lowest BCUT2D eigenvalue weighted by Crippen LogP contribution is -2.36. The van der Waals surface area contributed by atoms with Crippen molar-refractivity contribution in [3.63, 3.8) is 0 Å². The van der Waals surface area contributed by atoms with Gasteiger partial charge in [0, 0.05) is 12.1 Å². The Balaban J connectivity index is 2.00. The number of nitrogens with one attached hydrogen (secondary N) is 1. The second-order valence-corrected chi connectivity index (χ2v) is 6.58. The highest BCUT2D eigenvalue weighted by Gasteiger charge is 2.21.